The molecule has 0 aliphatic heterocycles. The Morgan fingerprint density at radius 3 is 2.05 bits per heavy atom. The smallest absolute Gasteiger partial charge is 0.217 e. The Morgan fingerprint density at radius 1 is 1.05 bits per heavy atom. The highest BCUT2D eigenvalue weighted by atomic mass is 32.2. The summed E-state index contributed by atoms with van der Waals surface area (Å²) < 4.78 is 0. The zero-order valence-electron chi connectivity index (χ0n) is 14.0. The minimum absolute atomic E-state index is 0.00910. The maximum Gasteiger partial charge on any atom is 0.217 e. The molecule has 0 aliphatic rings. The van der Waals surface area contributed by atoms with Crippen molar-refractivity contribution in [3.63, 3.8) is 0 Å². The number of thioether (sulfide) groups is 1. The van der Waals surface area contributed by atoms with Gasteiger partial charge in [0.25, 0.3) is 0 Å². The van der Waals surface area contributed by atoms with Crippen LogP contribution in [0.3, 0.4) is 0 Å². The standard InChI is InChI=1S/C16H28N2O3S/c1-6-14(17-12(4)19)10-15(18-13(5)20)8-7-9-22-16(21)11(2)3/h14-15H,2,6-10H2,1,3-5H3,(H,17,19)(H,18,20). The van der Waals surface area contributed by atoms with Crippen molar-refractivity contribution in [2.75, 3.05) is 5.75 Å². The first kappa shape index (κ1) is 20.7. The largest absolute Gasteiger partial charge is 0.354 e. The molecule has 2 unspecified atom stereocenters. The maximum atomic E-state index is 11.5. The molecule has 0 aliphatic carbocycles. The molecule has 5 nitrogen and oxygen atoms in total. The Morgan fingerprint density at radius 2 is 1.59 bits per heavy atom. The number of hydrogen-bond acceptors (Lipinski definition) is 4. The van der Waals surface area contributed by atoms with E-state index < -0.39 is 0 Å². The summed E-state index contributed by atoms with van der Waals surface area (Å²) >= 11 is 1.26. The third-order valence-corrected chi connectivity index (χ3v) is 4.26. The van der Waals surface area contributed by atoms with E-state index in [0.29, 0.717) is 17.7 Å². The van der Waals surface area contributed by atoms with E-state index in [4.69, 9.17) is 0 Å². The maximum absolute atomic E-state index is 11.5. The number of amides is 2. The molecule has 2 atom stereocenters. The average molecular weight is 328 g/mol. The van der Waals surface area contributed by atoms with Gasteiger partial charge in [0.2, 0.25) is 16.9 Å². The van der Waals surface area contributed by atoms with Crippen LogP contribution in [0, 0.1) is 0 Å². The van der Waals surface area contributed by atoms with Crippen molar-refractivity contribution in [2.24, 2.45) is 0 Å². The first-order chi connectivity index (χ1) is 10.3. The molecule has 0 aromatic heterocycles. The molecule has 126 valence electrons. The lowest BCUT2D eigenvalue weighted by Crippen LogP contribution is -2.41. The molecule has 6 heteroatoms. The number of rotatable bonds is 10. The summed E-state index contributed by atoms with van der Waals surface area (Å²) in [6.07, 6.45) is 3.13. The molecule has 0 aromatic carbocycles. The molecule has 0 bridgehead atoms. The zero-order chi connectivity index (χ0) is 17.1. The van der Waals surface area contributed by atoms with Crippen LogP contribution < -0.4 is 10.6 Å². The van der Waals surface area contributed by atoms with Gasteiger partial charge < -0.3 is 10.6 Å². The van der Waals surface area contributed by atoms with Crippen LogP contribution >= 0.6 is 11.8 Å². The van der Waals surface area contributed by atoms with Gasteiger partial charge in [-0.1, -0.05) is 25.3 Å². The SMILES string of the molecule is C=C(C)C(=O)SCCCC(CC(CC)NC(C)=O)NC(C)=O. The van der Waals surface area contributed by atoms with E-state index in [9.17, 15) is 14.4 Å². The van der Waals surface area contributed by atoms with Gasteiger partial charge in [-0.3, -0.25) is 14.4 Å². The van der Waals surface area contributed by atoms with Gasteiger partial charge in [0, 0.05) is 31.7 Å². The van der Waals surface area contributed by atoms with Crippen LogP contribution in [-0.4, -0.2) is 34.8 Å². The Kier molecular flexibility index (Phi) is 10.6. The Balaban J connectivity index is 4.33. The van der Waals surface area contributed by atoms with E-state index in [0.717, 1.165) is 19.3 Å². The summed E-state index contributed by atoms with van der Waals surface area (Å²) in [5.74, 6) is 0.572. The molecular formula is C16H28N2O3S. The van der Waals surface area contributed by atoms with Gasteiger partial charge in [0.1, 0.15) is 0 Å². The fourth-order valence-electron chi connectivity index (χ4n) is 2.11. The van der Waals surface area contributed by atoms with Gasteiger partial charge in [-0.15, -0.1) is 0 Å². The molecule has 2 amide bonds. The molecule has 0 heterocycles. The summed E-state index contributed by atoms with van der Waals surface area (Å²) in [5, 5.41) is 5.84. The average Bonchev–Trinajstić information content (AvgIpc) is 2.40. The monoisotopic (exact) mass is 328 g/mol. The van der Waals surface area contributed by atoms with Gasteiger partial charge in [0.15, 0.2) is 0 Å². The summed E-state index contributed by atoms with van der Waals surface area (Å²) in [5.41, 5.74) is 0.556. The van der Waals surface area contributed by atoms with E-state index in [1.807, 2.05) is 6.92 Å². The second-order valence-corrected chi connectivity index (χ2v) is 6.57. The van der Waals surface area contributed by atoms with Crippen molar-refractivity contribution in [2.45, 2.75) is 65.5 Å². The van der Waals surface area contributed by atoms with Crippen molar-refractivity contribution < 1.29 is 14.4 Å². The lowest BCUT2D eigenvalue weighted by molar-refractivity contribution is -0.119. The molecule has 0 spiro atoms. The normalized spacial score (nSPS) is 13.1. The van der Waals surface area contributed by atoms with Gasteiger partial charge in [-0.25, -0.2) is 0 Å². The topological polar surface area (TPSA) is 75.3 Å². The highest BCUT2D eigenvalue weighted by Crippen LogP contribution is 2.14. The fraction of sp³-hybridized carbons (Fsp3) is 0.688. The molecule has 2 N–H and O–H groups in total. The Hall–Kier alpha value is -1.30. The van der Waals surface area contributed by atoms with Crippen molar-refractivity contribution in [1.82, 2.24) is 10.6 Å². The van der Waals surface area contributed by atoms with E-state index in [-0.39, 0.29) is 29.0 Å². The number of carbonyl (C=O) groups is 3. The van der Waals surface area contributed by atoms with Crippen molar-refractivity contribution in [3.8, 4) is 0 Å². The molecule has 0 saturated carbocycles. The summed E-state index contributed by atoms with van der Waals surface area (Å²) in [6, 6.07) is 0.0638. The van der Waals surface area contributed by atoms with Crippen LogP contribution in [0.25, 0.3) is 0 Å². The quantitative estimate of drug-likeness (QED) is 0.477. The second-order valence-electron chi connectivity index (χ2n) is 5.50. The number of carbonyl (C=O) groups excluding carboxylic acids is 3. The minimum Gasteiger partial charge on any atom is -0.354 e. The van der Waals surface area contributed by atoms with Gasteiger partial charge in [-0.05, 0) is 38.2 Å². The minimum atomic E-state index is -0.0756. The summed E-state index contributed by atoms with van der Waals surface area (Å²) in [6.45, 7) is 10.3. The predicted molar refractivity (Wildman–Crippen MR) is 91.6 cm³/mol. The van der Waals surface area contributed by atoms with Crippen molar-refractivity contribution in [3.05, 3.63) is 12.2 Å². The first-order valence-corrected chi connectivity index (χ1v) is 8.61. The first-order valence-electron chi connectivity index (χ1n) is 7.63. The third kappa shape index (κ3) is 10.4. The van der Waals surface area contributed by atoms with E-state index in [1.165, 1.54) is 25.6 Å². The molecule has 0 fully saturated rings. The number of nitrogens with one attached hydrogen (secondary N) is 2. The molecule has 0 saturated heterocycles. The van der Waals surface area contributed by atoms with Crippen LogP contribution in [0.4, 0.5) is 0 Å². The van der Waals surface area contributed by atoms with Crippen molar-refractivity contribution >= 4 is 28.7 Å². The van der Waals surface area contributed by atoms with Crippen LogP contribution in [-0.2, 0) is 14.4 Å². The molecule has 22 heavy (non-hydrogen) atoms. The Labute approximate surface area is 137 Å². The highest BCUT2D eigenvalue weighted by molar-refractivity contribution is 8.14. The van der Waals surface area contributed by atoms with Gasteiger partial charge >= 0.3 is 0 Å². The van der Waals surface area contributed by atoms with E-state index >= 15 is 0 Å². The van der Waals surface area contributed by atoms with Gasteiger partial charge in [-0.2, -0.15) is 0 Å². The van der Waals surface area contributed by atoms with Crippen LogP contribution in [0.2, 0.25) is 0 Å². The Bertz CT molecular complexity index is 410. The van der Waals surface area contributed by atoms with Gasteiger partial charge in [0.05, 0.1) is 0 Å². The lowest BCUT2D eigenvalue weighted by Gasteiger charge is -2.24. The zero-order valence-corrected chi connectivity index (χ0v) is 14.8. The molecule has 0 radical (unpaired) electrons. The van der Waals surface area contributed by atoms with Crippen LogP contribution in [0.1, 0.15) is 53.4 Å². The summed E-state index contributed by atoms with van der Waals surface area (Å²) in [7, 11) is 0. The summed E-state index contributed by atoms with van der Waals surface area (Å²) in [4.78, 5) is 33.9. The molecule has 0 aromatic rings. The predicted octanol–water partition coefficient (Wildman–Crippen LogP) is 2.41. The second kappa shape index (κ2) is 11.3. The lowest BCUT2D eigenvalue weighted by atomic mass is 10.0. The van der Waals surface area contributed by atoms with Crippen LogP contribution in [0.15, 0.2) is 12.2 Å². The van der Waals surface area contributed by atoms with E-state index in [2.05, 4.69) is 17.2 Å². The molecular weight excluding hydrogens is 300 g/mol. The van der Waals surface area contributed by atoms with Crippen molar-refractivity contribution in [1.29, 1.82) is 0 Å². The fourth-order valence-corrected chi connectivity index (χ4v) is 2.86. The molecule has 0 rings (SSSR count). The number of hydrogen-bond donors (Lipinski definition) is 2. The third-order valence-electron chi connectivity index (χ3n) is 3.16. The van der Waals surface area contributed by atoms with E-state index in [1.54, 1.807) is 6.92 Å². The highest BCUT2D eigenvalue weighted by Gasteiger charge is 2.17. The van der Waals surface area contributed by atoms with Crippen LogP contribution in [0.5, 0.6) is 0 Å².